The van der Waals surface area contributed by atoms with E-state index in [2.05, 4.69) is 24.3 Å². The molecule has 0 unspecified atom stereocenters. The second kappa shape index (κ2) is 3.85. The van der Waals surface area contributed by atoms with Gasteiger partial charge in [0.1, 0.15) is 0 Å². The van der Waals surface area contributed by atoms with Gasteiger partial charge in [0.25, 0.3) is 0 Å². The van der Waals surface area contributed by atoms with Crippen LogP contribution in [0.5, 0.6) is 0 Å². The molecule has 2 nitrogen and oxygen atoms in total. The van der Waals surface area contributed by atoms with Crippen LogP contribution in [-0.2, 0) is 0 Å². The van der Waals surface area contributed by atoms with Gasteiger partial charge >= 0.3 is 0 Å². The average Bonchev–Trinajstić information content (AvgIpc) is 2.09. The fraction of sp³-hybridized carbons (Fsp3) is 0.636. The second-order valence-electron chi connectivity index (χ2n) is 3.99. The van der Waals surface area contributed by atoms with Crippen LogP contribution in [0.1, 0.15) is 19.8 Å². The molecule has 0 bridgehead atoms. The number of hydrogen-bond acceptors (Lipinski definition) is 2. The number of aliphatic hydroxyl groups excluding tert-OH is 1. The predicted octanol–water partition coefficient (Wildman–Crippen LogP) is 1.79. The molecule has 1 rings (SSSR count). The van der Waals surface area contributed by atoms with Crippen molar-refractivity contribution in [1.29, 1.82) is 0 Å². The minimum atomic E-state index is -0.0922. The smallest absolute Gasteiger partial charge is 0.0910 e. The molecule has 0 saturated carbocycles. The summed E-state index contributed by atoms with van der Waals surface area (Å²) in [4.78, 5) is 2.23. The lowest BCUT2D eigenvalue weighted by atomic mass is 9.79. The van der Waals surface area contributed by atoms with Gasteiger partial charge in [-0.3, -0.25) is 4.90 Å². The molecule has 1 heterocycles. The van der Waals surface area contributed by atoms with Crippen molar-refractivity contribution in [3.8, 4) is 12.3 Å². The number of aliphatic hydroxyl groups is 1. The second-order valence-corrected chi connectivity index (χ2v) is 3.99. The van der Waals surface area contributed by atoms with Gasteiger partial charge in [-0.1, -0.05) is 19.4 Å². The summed E-state index contributed by atoms with van der Waals surface area (Å²) in [6, 6.07) is 0. The molecule has 1 saturated heterocycles. The molecule has 0 aliphatic carbocycles. The number of likely N-dealkylation sites (tertiary alicyclic amines) is 1. The molecule has 2 heteroatoms. The van der Waals surface area contributed by atoms with Gasteiger partial charge in [0, 0.05) is 18.5 Å². The third-order valence-corrected chi connectivity index (χ3v) is 2.97. The van der Waals surface area contributed by atoms with E-state index >= 15 is 0 Å². The molecular formula is C11H17NO. The Balaban J connectivity index is 2.48. The van der Waals surface area contributed by atoms with Crippen LogP contribution in [0.25, 0.3) is 0 Å². The van der Waals surface area contributed by atoms with E-state index in [0.717, 1.165) is 25.9 Å². The predicted molar refractivity (Wildman–Crippen MR) is 54.4 cm³/mol. The van der Waals surface area contributed by atoms with Crippen LogP contribution in [0.4, 0.5) is 0 Å². The highest BCUT2D eigenvalue weighted by atomic mass is 16.3. The fourth-order valence-electron chi connectivity index (χ4n) is 1.62. The highest BCUT2D eigenvalue weighted by Crippen LogP contribution is 2.35. The van der Waals surface area contributed by atoms with Crippen molar-refractivity contribution in [3.63, 3.8) is 0 Å². The molecule has 13 heavy (non-hydrogen) atoms. The highest BCUT2D eigenvalue weighted by molar-refractivity contribution is 5.03. The molecule has 0 radical (unpaired) electrons. The third kappa shape index (κ3) is 2.26. The Morgan fingerprint density at radius 3 is 2.54 bits per heavy atom. The molecule has 72 valence electrons. The zero-order valence-corrected chi connectivity index (χ0v) is 8.21. The van der Waals surface area contributed by atoms with E-state index in [1.807, 2.05) is 0 Å². The van der Waals surface area contributed by atoms with Crippen molar-refractivity contribution in [3.05, 3.63) is 12.3 Å². The SMILES string of the molecule is C#CCN1CCC(C)(C(=C)O)CC1. The molecule has 0 aromatic heterocycles. The van der Waals surface area contributed by atoms with Crippen molar-refractivity contribution in [1.82, 2.24) is 4.90 Å². The lowest BCUT2D eigenvalue weighted by Gasteiger charge is -2.37. The van der Waals surface area contributed by atoms with Crippen LogP contribution >= 0.6 is 0 Å². The summed E-state index contributed by atoms with van der Waals surface area (Å²) in [5, 5.41) is 9.40. The van der Waals surface area contributed by atoms with Crippen molar-refractivity contribution >= 4 is 0 Å². The number of terminal acetylenes is 1. The maximum atomic E-state index is 9.40. The zero-order valence-electron chi connectivity index (χ0n) is 8.21. The third-order valence-electron chi connectivity index (χ3n) is 2.97. The summed E-state index contributed by atoms with van der Waals surface area (Å²) in [5.74, 6) is 2.95. The summed E-state index contributed by atoms with van der Waals surface area (Å²) >= 11 is 0. The summed E-state index contributed by atoms with van der Waals surface area (Å²) in [6.07, 6.45) is 7.13. The monoisotopic (exact) mass is 179 g/mol. The van der Waals surface area contributed by atoms with E-state index in [-0.39, 0.29) is 5.41 Å². The van der Waals surface area contributed by atoms with Gasteiger partial charge in [0.2, 0.25) is 0 Å². The molecule has 0 amide bonds. The Hall–Kier alpha value is -0.940. The number of allylic oxidation sites excluding steroid dienone is 1. The molecule has 1 N–H and O–H groups in total. The first-order chi connectivity index (χ1) is 6.08. The molecular weight excluding hydrogens is 162 g/mol. The van der Waals surface area contributed by atoms with Crippen LogP contribution in [0.3, 0.4) is 0 Å². The van der Waals surface area contributed by atoms with Crippen molar-refractivity contribution in [2.75, 3.05) is 19.6 Å². The maximum Gasteiger partial charge on any atom is 0.0910 e. The Bertz CT molecular complexity index is 231. The highest BCUT2D eigenvalue weighted by Gasteiger charge is 2.32. The summed E-state index contributed by atoms with van der Waals surface area (Å²) < 4.78 is 0. The van der Waals surface area contributed by atoms with E-state index in [1.165, 1.54) is 0 Å². The molecule has 0 aromatic carbocycles. The molecule has 1 aliphatic heterocycles. The summed E-state index contributed by atoms with van der Waals surface area (Å²) in [7, 11) is 0. The first-order valence-electron chi connectivity index (χ1n) is 4.63. The van der Waals surface area contributed by atoms with E-state index in [9.17, 15) is 5.11 Å². The number of rotatable bonds is 2. The maximum absolute atomic E-state index is 9.40. The van der Waals surface area contributed by atoms with Crippen LogP contribution in [0.2, 0.25) is 0 Å². The topological polar surface area (TPSA) is 23.5 Å². The van der Waals surface area contributed by atoms with Gasteiger partial charge < -0.3 is 5.11 Å². The van der Waals surface area contributed by atoms with E-state index < -0.39 is 0 Å². The Kier molecular flexibility index (Phi) is 3.00. The molecule has 1 aliphatic rings. The van der Waals surface area contributed by atoms with Gasteiger partial charge in [0.15, 0.2) is 0 Å². The van der Waals surface area contributed by atoms with Gasteiger partial charge in [-0.25, -0.2) is 0 Å². The van der Waals surface area contributed by atoms with Crippen molar-refractivity contribution in [2.45, 2.75) is 19.8 Å². The van der Waals surface area contributed by atoms with E-state index in [0.29, 0.717) is 12.3 Å². The number of hydrogen-bond donors (Lipinski definition) is 1. The Morgan fingerprint density at radius 1 is 1.62 bits per heavy atom. The Labute approximate surface area is 80.2 Å². The molecule has 1 fully saturated rings. The van der Waals surface area contributed by atoms with E-state index in [4.69, 9.17) is 6.42 Å². The van der Waals surface area contributed by atoms with Crippen LogP contribution in [0, 0.1) is 17.8 Å². The quantitative estimate of drug-likeness (QED) is 0.516. The number of nitrogens with zero attached hydrogens (tertiary/aromatic N) is 1. The lowest BCUT2D eigenvalue weighted by Crippen LogP contribution is -2.39. The largest absolute Gasteiger partial charge is 0.512 e. The van der Waals surface area contributed by atoms with E-state index in [1.54, 1.807) is 0 Å². The van der Waals surface area contributed by atoms with Crippen molar-refractivity contribution in [2.24, 2.45) is 5.41 Å². The van der Waals surface area contributed by atoms with Crippen LogP contribution in [-0.4, -0.2) is 29.6 Å². The normalized spacial score (nSPS) is 22.2. The first-order valence-corrected chi connectivity index (χ1v) is 4.63. The van der Waals surface area contributed by atoms with Crippen LogP contribution < -0.4 is 0 Å². The zero-order chi connectivity index (χ0) is 9.90. The molecule has 0 aromatic rings. The van der Waals surface area contributed by atoms with Gasteiger partial charge in [-0.15, -0.1) is 6.42 Å². The van der Waals surface area contributed by atoms with Crippen molar-refractivity contribution < 1.29 is 5.11 Å². The standard InChI is InChI=1S/C11H17NO/c1-4-7-12-8-5-11(3,6-9-12)10(2)13/h1,13H,2,5-9H2,3H3. The summed E-state index contributed by atoms with van der Waals surface area (Å²) in [6.45, 7) is 8.31. The van der Waals surface area contributed by atoms with Gasteiger partial charge in [-0.05, 0) is 12.8 Å². The average molecular weight is 179 g/mol. The number of piperidine rings is 1. The molecule has 0 atom stereocenters. The van der Waals surface area contributed by atoms with Crippen LogP contribution in [0.15, 0.2) is 12.3 Å². The summed E-state index contributed by atoms with van der Waals surface area (Å²) in [5.41, 5.74) is -0.0922. The molecule has 0 spiro atoms. The van der Waals surface area contributed by atoms with Gasteiger partial charge in [-0.2, -0.15) is 0 Å². The fourth-order valence-corrected chi connectivity index (χ4v) is 1.62. The first kappa shape index (κ1) is 10.1. The minimum absolute atomic E-state index is 0.0922. The van der Waals surface area contributed by atoms with Gasteiger partial charge in [0.05, 0.1) is 12.3 Å². The Morgan fingerprint density at radius 2 is 2.15 bits per heavy atom. The minimum Gasteiger partial charge on any atom is -0.512 e. The lowest BCUT2D eigenvalue weighted by molar-refractivity contribution is 0.117.